The lowest BCUT2D eigenvalue weighted by atomic mass is 9.58. The van der Waals surface area contributed by atoms with Crippen LogP contribution < -0.4 is 0 Å². The molecule has 0 radical (unpaired) electrons. The Morgan fingerprint density at radius 3 is 2.28 bits per heavy atom. The largest absolute Gasteiger partial charge is 0.0774 e. The maximum Gasteiger partial charge on any atom is 0.0195 e. The molecular weight excluding hydrogens is 216 g/mol. The van der Waals surface area contributed by atoms with E-state index in [4.69, 9.17) is 0 Å². The molecule has 0 heterocycles. The highest BCUT2D eigenvalue weighted by Crippen LogP contribution is 2.49. The van der Waals surface area contributed by atoms with Crippen molar-refractivity contribution in [2.45, 2.75) is 45.4 Å². The molecule has 0 saturated heterocycles. The second kappa shape index (κ2) is 5.14. The fourth-order valence-corrected chi connectivity index (χ4v) is 2.98. The van der Waals surface area contributed by atoms with Crippen LogP contribution in [0.4, 0.5) is 0 Å². The molecule has 0 nitrogen and oxygen atoms in total. The van der Waals surface area contributed by atoms with Crippen molar-refractivity contribution < 1.29 is 0 Å². The Bertz CT molecular complexity index is 440. The van der Waals surface area contributed by atoms with Crippen molar-refractivity contribution in [2.75, 3.05) is 0 Å². The third-order valence-corrected chi connectivity index (χ3v) is 4.61. The normalized spacial score (nSPS) is 30.6. The maximum atomic E-state index is 2.40. The highest BCUT2D eigenvalue weighted by molar-refractivity contribution is 5.39. The zero-order valence-corrected chi connectivity index (χ0v) is 11.8. The SMILES string of the molecule is CCCCC1(C)C=CC=CC1(C)c1ccccc1. The van der Waals surface area contributed by atoms with Crippen molar-refractivity contribution in [3.05, 3.63) is 60.2 Å². The van der Waals surface area contributed by atoms with Crippen LogP contribution in [0.3, 0.4) is 0 Å². The number of rotatable bonds is 4. The van der Waals surface area contributed by atoms with Gasteiger partial charge in [-0.15, -0.1) is 0 Å². The van der Waals surface area contributed by atoms with E-state index in [0.717, 1.165) is 0 Å². The highest BCUT2D eigenvalue weighted by atomic mass is 14.5. The van der Waals surface area contributed by atoms with Crippen LogP contribution >= 0.6 is 0 Å². The third kappa shape index (κ3) is 2.16. The summed E-state index contributed by atoms with van der Waals surface area (Å²) in [5.41, 5.74) is 1.75. The summed E-state index contributed by atoms with van der Waals surface area (Å²) in [7, 11) is 0. The first kappa shape index (κ1) is 13.1. The topological polar surface area (TPSA) is 0 Å². The van der Waals surface area contributed by atoms with E-state index < -0.39 is 0 Å². The molecule has 0 amide bonds. The Balaban J connectivity index is 2.39. The summed E-state index contributed by atoms with van der Waals surface area (Å²) in [5.74, 6) is 0. The van der Waals surface area contributed by atoms with Gasteiger partial charge in [0.05, 0.1) is 0 Å². The molecule has 2 unspecified atom stereocenters. The van der Waals surface area contributed by atoms with E-state index in [2.05, 4.69) is 75.4 Å². The van der Waals surface area contributed by atoms with Crippen LogP contribution in [-0.4, -0.2) is 0 Å². The molecule has 0 aliphatic heterocycles. The quantitative estimate of drug-likeness (QED) is 0.673. The average Bonchev–Trinajstić information content (AvgIpc) is 2.41. The Hall–Kier alpha value is -1.30. The van der Waals surface area contributed by atoms with E-state index in [-0.39, 0.29) is 10.8 Å². The first-order valence-corrected chi connectivity index (χ1v) is 7.05. The van der Waals surface area contributed by atoms with Crippen molar-refractivity contribution >= 4 is 0 Å². The van der Waals surface area contributed by atoms with Crippen LogP contribution in [0, 0.1) is 5.41 Å². The van der Waals surface area contributed by atoms with Gasteiger partial charge in [-0.05, 0) is 17.4 Å². The van der Waals surface area contributed by atoms with Gasteiger partial charge in [0.15, 0.2) is 0 Å². The summed E-state index contributed by atoms with van der Waals surface area (Å²) in [4.78, 5) is 0. The predicted octanol–water partition coefficient (Wildman–Crippen LogP) is 5.27. The van der Waals surface area contributed by atoms with Gasteiger partial charge in [0.2, 0.25) is 0 Å². The monoisotopic (exact) mass is 240 g/mol. The Kier molecular flexibility index (Phi) is 3.75. The van der Waals surface area contributed by atoms with Crippen LogP contribution in [0.15, 0.2) is 54.6 Å². The van der Waals surface area contributed by atoms with Gasteiger partial charge in [-0.25, -0.2) is 0 Å². The standard InChI is InChI=1S/C18H24/c1-4-5-13-17(2)14-9-10-15-18(17,3)16-11-7-6-8-12-16/h6-12,14-15H,4-5,13H2,1-3H3. The smallest absolute Gasteiger partial charge is 0.0195 e. The van der Waals surface area contributed by atoms with Gasteiger partial charge in [0.25, 0.3) is 0 Å². The summed E-state index contributed by atoms with van der Waals surface area (Å²) < 4.78 is 0. The zero-order valence-electron chi connectivity index (χ0n) is 11.8. The average molecular weight is 240 g/mol. The van der Waals surface area contributed by atoms with Crippen molar-refractivity contribution in [2.24, 2.45) is 5.41 Å². The molecule has 0 aromatic heterocycles. The summed E-state index contributed by atoms with van der Waals surface area (Å²) in [6.07, 6.45) is 13.0. The van der Waals surface area contributed by atoms with Crippen LogP contribution in [0.2, 0.25) is 0 Å². The van der Waals surface area contributed by atoms with E-state index in [1.165, 1.54) is 24.8 Å². The van der Waals surface area contributed by atoms with E-state index >= 15 is 0 Å². The zero-order chi connectivity index (χ0) is 13.1. The van der Waals surface area contributed by atoms with Crippen molar-refractivity contribution in [3.8, 4) is 0 Å². The second-order valence-corrected chi connectivity index (χ2v) is 5.81. The van der Waals surface area contributed by atoms with E-state index in [9.17, 15) is 0 Å². The molecule has 1 aromatic rings. The van der Waals surface area contributed by atoms with Crippen LogP contribution in [0.1, 0.15) is 45.6 Å². The minimum atomic E-state index is 0.109. The number of allylic oxidation sites excluding steroid dienone is 4. The van der Waals surface area contributed by atoms with Gasteiger partial charge in [-0.2, -0.15) is 0 Å². The van der Waals surface area contributed by atoms with Gasteiger partial charge >= 0.3 is 0 Å². The fraction of sp³-hybridized carbons (Fsp3) is 0.444. The Morgan fingerprint density at radius 1 is 0.944 bits per heavy atom. The lowest BCUT2D eigenvalue weighted by Crippen LogP contribution is -2.39. The van der Waals surface area contributed by atoms with Crippen LogP contribution in [0.5, 0.6) is 0 Å². The number of benzene rings is 1. The number of hydrogen-bond donors (Lipinski definition) is 0. The minimum absolute atomic E-state index is 0.109. The van der Waals surface area contributed by atoms with Crippen molar-refractivity contribution in [1.29, 1.82) is 0 Å². The Labute approximate surface area is 111 Å². The molecule has 0 heteroatoms. The maximum absolute atomic E-state index is 2.40. The number of hydrogen-bond acceptors (Lipinski definition) is 0. The minimum Gasteiger partial charge on any atom is -0.0774 e. The molecule has 0 saturated carbocycles. The molecule has 1 aromatic carbocycles. The van der Waals surface area contributed by atoms with E-state index in [0.29, 0.717) is 0 Å². The third-order valence-electron chi connectivity index (χ3n) is 4.61. The Morgan fingerprint density at radius 2 is 1.61 bits per heavy atom. The summed E-state index contributed by atoms with van der Waals surface area (Å²) in [5, 5.41) is 0. The predicted molar refractivity (Wildman–Crippen MR) is 79.7 cm³/mol. The molecule has 1 aliphatic rings. The first-order valence-electron chi connectivity index (χ1n) is 7.05. The highest BCUT2D eigenvalue weighted by Gasteiger charge is 2.42. The van der Waals surface area contributed by atoms with E-state index in [1.807, 2.05) is 0 Å². The van der Waals surface area contributed by atoms with Gasteiger partial charge in [0.1, 0.15) is 0 Å². The summed E-state index contributed by atoms with van der Waals surface area (Å²) in [6, 6.07) is 10.9. The molecule has 0 fully saturated rings. The molecule has 0 bridgehead atoms. The van der Waals surface area contributed by atoms with Crippen LogP contribution in [0.25, 0.3) is 0 Å². The van der Waals surface area contributed by atoms with Gasteiger partial charge in [0, 0.05) is 5.41 Å². The molecule has 18 heavy (non-hydrogen) atoms. The van der Waals surface area contributed by atoms with Crippen molar-refractivity contribution in [3.63, 3.8) is 0 Å². The lowest BCUT2D eigenvalue weighted by Gasteiger charge is -2.45. The molecule has 0 spiro atoms. The van der Waals surface area contributed by atoms with E-state index in [1.54, 1.807) is 0 Å². The molecule has 1 aliphatic carbocycles. The molecule has 2 rings (SSSR count). The number of unbranched alkanes of at least 4 members (excludes halogenated alkanes) is 1. The second-order valence-electron chi connectivity index (χ2n) is 5.81. The fourth-order valence-electron chi connectivity index (χ4n) is 2.98. The van der Waals surface area contributed by atoms with Gasteiger partial charge in [-0.3, -0.25) is 0 Å². The van der Waals surface area contributed by atoms with Gasteiger partial charge < -0.3 is 0 Å². The van der Waals surface area contributed by atoms with Crippen molar-refractivity contribution in [1.82, 2.24) is 0 Å². The molecule has 2 atom stereocenters. The summed E-state index contributed by atoms with van der Waals surface area (Å²) >= 11 is 0. The lowest BCUT2D eigenvalue weighted by molar-refractivity contribution is 0.242. The summed E-state index contributed by atoms with van der Waals surface area (Å²) in [6.45, 7) is 7.04. The van der Waals surface area contributed by atoms with Gasteiger partial charge in [-0.1, -0.05) is 88.2 Å². The van der Waals surface area contributed by atoms with Crippen LogP contribution in [-0.2, 0) is 5.41 Å². The molecule has 0 N–H and O–H groups in total. The molecular formula is C18H24. The first-order chi connectivity index (χ1) is 8.62. The molecule has 96 valence electrons.